The maximum Gasteiger partial charge on any atom is 0.243 e. The van der Waals surface area contributed by atoms with E-state index in [4.69, 9.17) is 4.74 Å². The lowest BCUT2D eigenvalue weighted by atomic mass is 9.99. The largest absolute Gasteiger partial charge is 0.494 e. The van der Waals surface area contributed by atoms with Crippen LogP contribution >= 0.6 is 11.8 Å². The van der Waals surface area contributed by atoms with Gasteiger partial charge >= 0.3 is 0 Å². The summed E-state index contributed by atoms with van der Waals surface area (Å²) in [6.45, 7) is 5.26. The lowest BCUT2D eigenvalue weighted by Crippen LogP contribution is -2.45. The monoisotopic (exact) mass is 529 g/mol. The maximum absolute atomic E-state index is 13.2. The summed E-state index contributed by atoms with van der Waals surface area (Å²) in [6, 6.07) is 14.6. The second-order valence-electron chi connectivity index (χ2n) is 8.53. The van der Waals surface area contributed by atoms with Crippen molar-refractivity contribution in [1.29, 1.82) is 0 Å². The van der Waals surface area contributed by atoms with Crippen LogP contribution in [-0.4, -0.2) is 65.8 Å². The number of aromatic amines is 1. The van der Waals surface area contributed by atoms with Gasteiger partial charge in [-0.1, -0.05) is 42.1 Å². The second kappa shape index (κ2) is 11.9. The van der Waals surface area contributed by atoms with Gasteiger partial charge in [0.1, 0.15) is 5.75 Å². The quantitative estimate of drug-likeness (QED) is 0.305. The minimum absolute atomic E-state index is 0.127. The molecule has 1 fully saturated rings. The van der Waals surface area contributed by atoms with Crippen LogP contribution in [0.4, 0.5) is 0 Å². The molecule has 1 saturated heterocycles. The first kappa shape index (κ1) is 26.2. The van der Waals surface area contributed by atoms with Gasteiger partial charge in [0.2, 0.25) is 21.1 Å². The Labute approximate surface area is 216 Å². The molecule has 0 saturated carbocycles. The molecule has 3 aromatic rings. The Hall–Kier alpha value is -2.89. The van der Waals surface area contributed by atoms with Crippen molar-refractivity contribution in [3.05, 3.63) is 54.1 Å². The number of amides is 1. The van der Waals surface area contributed by atoms with Gasteiger partial charge in [0.15, 0.2) is 5.82 Å². The van der Waals surface area contributed by atoms with E-state index >= 15 is 0 Å². The van der Waals surface area contributed by atoms with Crippen molar-refractivity contribution < 1.29 is 17.9 Å². The molecule has 11 heteroatoms. The second-order valence-corrected chi connectivity index (χ2v) is 11.5. The van der Waals surface area contributed by atoms with Gasteiger partial charge < -0.3 is 10.1 Å². The highest BCUT2D eigenvalue weighted by Crippen LogP contribution is 2.27. The Balaban J connectivity index is 1.28. The molecular weight excluding hydrogens is 498 g/mol. The van der Waals surface area contributed by atoms with Crippen LogP contribution in [0.2, 0.25) is 0 Å². The normalized spacial score (nSPS) is 16.6. The van der Waals surface area contributed by atoms with Crippen molar-refractivity contribution in [2.75, 3.05) is 32.0 Å². The van der Waals surface area contributed by atoms with Crippen LogP contribution in [0.1, 0.15) is 25.3 Å². The van der Waals surface area contributed by atoms with Crippen molar-refractivity contribution >= 4 is 27.7 Å². The molecule has 2 N–H and O–H groups in total. The molecule has 1 aromatic heterocycles. The fourth-order valence-corrected chi connectivity index (χ4v) is 6.38. The zero-order valence-corrected chi connectivity index (χ0v) is 22.1. The molecule has 0 bridgehead atoms. The average molecular weight is 530 g/mol. The first-order valence-corrected chi connectivity index (χ1v) is 14.4. The summed E-state index contributed by atoms with van der Waals surface area (Å²) in [4.78, 5) is 17.5. The van der Waals surface area contributed by atoms with Crippen LogP contribution in [0.5, 0.6) is 5.75 Å². The van der Waals surface area contributed by atoms with E-state index in [0.717, 1.165) is 11.1 Å². The van der Waals surface area contributed by atoms with Crippen LogP contribution < -0.4 is 10.1 Å². The molecule has 2 aromatic carbocycles. The van der Waals surface area contributed by atoms with Crippen molar-refractivity contribution in [3.63, 3.8) is 0 Å². The highest BCUT2D eigenvalue weighted by molar-refractivity contribution is 7.99. The number of carbonyl (C=O) groups excluding carboxylic acids is 1. The molecule has 0 radical (unpaired) electrons. The topological polar surface area (TPSA) is 117 Å². The van der Waals surface area contributed by atoms with E-state index in [2.05, 4.69) is 20.5 Å². The van der Waals surface area contributed by atoms with Gasteiger partial charge in [-0.05, 0) is 50.5 Å². The summed E-state index contributed by atoms with van der Waals surface area (Å²) in [6.07, 6.45) is 1.30. The molecule has 0 aliphatic carbocycles. The summed E-state index contributed by atoms with van der Waals surface area (Å²) >= 11 is 1.45. The highest BCUT2D eigenvalue weighted by atomic mass is 32.2. The molecule has 0 spiro atoms. The van der Waals surface area contributed by atoms with E-state index in [1.165, 1.54) is 16.1 Å². The highest BCUT2D eigenvalue weighted by Gasteiger charge is 2.33. The van der Waals surface area contributed by atoms with Gasteiger partial charge in [-0.3, -0.25) is 9.89 Å². The smallest absolute Gasteiger partial charge is 0.243 e. The van der Waals surface area contributed by atoms with Crippen LogP contribution in [0.15, 0.2) is 58.6 Å². The fraction of sp³-hybridized carbons (Fsp3) is 0.400. The third-order valence-corrected chi connectivity index (χ3v) is 8.69. The predicted molar refractivity (Wildman–Crippen MR) is 139 cm³/mol. The number of nitrogens with zero attached hydrogens (tertiary/aromatic N) is 3. The summed E-state index contributed by atoms with van der Waals surface area (Å²) < 4.78 is 33.4. The van der Waals surface area contributed by atoms with Crippen molar-refractivity contribution in [2.24, 2.45) is 5.92 Å². The molecule has 1 amide bonds. The van der Waals surface area contributed by atoms with Gasteiger partial charge in [-0.25, -0.2) is 13.4 Å². The van der Waals surface area contributed by atoms with E-state index in [0.29, 0.717) is 55.0 Å². The molecule has 1 aliphatic heterocycles. The minimum atomic E-state index is -3.69. The van der Waals surface area contributed by atoms with E-state index in [9.17, 15) is 13.2 Å². The molecule has 9 nitrogen and oxygen atoms in total. The SMILES string of the molecule is CCOc1ccc(S(=O)(=O)N2CCCC(C(=O)NCCSc3n[nH]c(-c4ccccc4)n3)C2)cc1C. The van der Waals surface area contributed by atoms with Crippen molar-refractivity contribution in [2.45, 2.75) is 36.7 Å². The molecule has 1 atom stereocenters. The standard InChI is InChI=1S/C25H31N5O4S2/c1-3-34-22-12-11-21(16-18(22)2)36(32,33)30-14-7-10-20(17-30)24(31)26-13-15-35-25-27-23(28-29-25)19-8-5-4-6-9-19/h4-6,8-9,11-12,16,20H,3,7,10,13-15,17H2,1-2H3,(H,26,31)(H,27,28,29). The van der Waals surface area contributed by atoms with Crippen LogP contribution in [0.3, 0.4) is 0 Å². The minimum Gasteiger partial charge on any atom is -0.494 e. The van der Waals surface area contributed by atoms with Crippen LogP contribution in [0, 0.1) is 12.8 Å². The number of H-pyrrole nitrogens is 1. The Kier molecular flexibility index (Phi) is 8.65. The fourth-order valence-electron chi connectivity index (χ4n) is 4.12. The molecule has 36 heavy (non-hydrogen) atoms. The van der Waals surface area contributed by atoms with Crippen LogP contribution in [0.25, 0.3) is 11.4 Å². The zero-order valence-electron chi connectivity index (χ0n) is 20.4. The van der Waals surface area contributed by atoms with Crippen molar-refractivity contribution in [3.8, 4) is 17.1 Å². The van der Waals surface area contributed by atoms with E-state index in [1.54, 1.807) is 18.2 Å². The first-order valence-electron chi connectivity index (χ1n) is 12.0. The molecule has 192 valence electrons. The number of nitrogens with one attached hydrogen (secondary N) is 2. The molecule has 2 heterocycles. The van der Waals surface area contributed by atoms with Crippen molar-refractivity contribution in [1.82, 2.24) is 24.8 Å². The molecule has 4 rings (SSSR count). The number of thioether (sulfide) groups is 1. The Morgan fingerprint density at radius 2 is 2.06 bits per heavy atom. The van der Waals surface area contributed by atoms with Gasteiger partial charge in [0.25, 0.3) is 0 Å². The Morgan fingerprint density at radius 3 is 2.81 bits per heavy atom. The van der Waals surface area contributed by atoms with Gasteiger partial charge in [0, 0.05) is 31.0 Å². The van der Waals surface area contributed by atoms with Gasteiger partial charge in [-0.2, -0.15) is 4.31 Å². The number of sulfonamides is 1. The molecule has 1 aliphatic rings. The van der Waals surface area contributed by atoms with E-state index in [-0.39, 0.29) is 23.3 Å². The number of benzene rings is 2. The zero-order chi connectivity index (χ0) is 25.5. The number of aryl methyl sites for hydroxylation is 1. The number of rotatable bonds is 10. The number of hydrogen-bond acceptors (Lipinski definition) is 7. The van der Waals surface area contributed by atoms with E-state index in [1.807, 2.05) is 44.2 Å². The summed E-state index contributed by atoms with van der Waals surface area (Å²) in [5.41, 5.74) is 1.73. The van der Waals surface area contributed by atoms with Gasteiger partial charge in [0.05, 0.1) is 17.4 Å². The lowest BCUT2D eigenvalue weighted by molar-refractivity contribution is -0.125. The number of aromatic nitrogens is 3. The summed E-state index contributed by atoms with van der Waals surface area (Å²) in [7, 11) is -3.69. The van der Waals surface area contributed by atoms with Gasteiger partial charge in [-0.15, -0.1) is 5.10 Å². The Bertz CT molecular complexity index is 1280. The average Bonchev–Trinajstić information content (AvgIpc) is 3.37. The Morgan fingerprint density at radius 1 is 1.25 bits per heavy atom. The predicted octanol–water partition coefficient (Wildman–Crippen LogP) is 3.49. The first-order chi connectivity index (χ1) is 17.4. The third kappa shape index (κ3) is 6.26. The number of carbonyl (C=O) groups is 1. The number of hydrogen-bond donors (Lipinski definition) is 2. The molecule has 1 unspecified atom stereocenters. The maximum atomic E-state index is 13.2. The summed E-state index contributed by atoms with van der Waals surface area (Å²) in [5, 5.41) is 10.7. The molecular formula is C25H31N5O4S2. The van der Waals surface area contributed by atoms with E-state index < -0.39 is 10.0 Å². The lowest BCUT2D eigenvalue weighted by Gasteiger charge is -2.31. The third-order valence-electron chi connectivity index (χ3n) is 5.98. The summed E-state index contributed by atoms with van der Waals surface area (Å²) in [5.74, 6) is 1.48. The van der Waals surface area contributed by atoms with Crippen LogP contribution in [-0.2, 0) is 14.8 Å². The number of piperidine rings is 1. The number of ether oxygens (including phenoxy) is 1.